The summed E-state index contributed by atoms with van der Waals surface area (Å²) in [7, 11) is 0. The first kappa shape index (κ1) is 19.2. The molecule has 0 heterocycles. The van der Waals surface area contributed by atoms with Crippen LogP contribution in [0.5, 0.6) is 5.75 Å². The number of hydrogen-bond donors (Lipinski definition) is 3. The Morgan fingerprint density at radius 3 is 2.57 bits per heavy atom. The van der Waals surface area contributed by atoms with E-state index in [4.69, 9.17) is 10.5 Å². The summed E-state index contributed by atoms with van der Waals surface area (Å²) < 4.78 is 19.6. The highest BCUT2D eigenvalue weighted by Gasteiger charge is 2.18. The Kier molecular flexibility index (Phi) is 7.77. The predicted molar refractivity (Wildman–Crippen MR) is 87.2 cm³/mol. The number of rotatable bonds is 6. The topological polar surface area (TPSA) is 93.5 Å². The van der Waals surface area contributed by atoms with E-state index >= 15 is 0 Å². The fourth-order valence-electron chi connectivity index (χ4n) is 2.32. The summed E-state index contributed by atoms with van der Waals surface area (Å²) in [6, 6.07) is 4.27. The van der Waals surface area contributed by atoms with E-state index in [2.05, 4.69) is 10.6 Å². The number of halogens is 2. The lowest BCUT2D eigenvalue weighted by molar-refractivity contribution is -0.123. The quantitative estimate of drug-likeness (QED) is 0.729. The average molecular weight is 346 g/mol. The summed E-state index contributed by atoms with van der Waals surface area (Å²) in [4.78, 5) is 22.5. The van der Waals surface area contributed by atoms with Crippen LogP contribution in [0.4, 0.5) is 10.1 Å². The van der Waals surface area contributed by atoms with Gasteiger partial charge < -0.3 is 21.1 Å². The number of amides is 2. The Morgan fingerprint density at radius 2 is 1.96 bits per heavy atom. The predicted octanol–water partition coefficient (Wildman–Crippen LogP) is 1.58. The second kappa shape index (κ2) is 9.32. The molecule has 23 heavy (non-hydrogen) atoms. The smallest absolute Gasteiger partial charge is 0.243 e. The zero-order valence-electron chi connectivity index (χ0n) is 12.6. The molecule has 1 aromatic carbocycles. The van der Waals surface area contributed by atoms with Crippen molar-refractivity contribution in [2.24, 2.45) is 5.73 Å². The molecular formula is C15H21ClFN3O3. The van der Waals surface area contributed by atoms with Gasteiger partial charge in [0.15, 0.2) is 11.6 Å². The molecule has 0 bridgehead atoms. The van der Waals surface area contributed by atoms with Crippen LogP contribution >= 0.6 is 12.4 Å². The second-order valence-electron chi connectivity index (χ2n) is 5.20. The number of nitrogens with two attached hydrogens (primary N) is 1. The van der Waals surface area contributed by atoms with E-state index in [0.717, 1.165) is 25.7 Å². The summed E-state index contributed by atoms with van der Waals surface area (Å²) in [5, 5.41) is 4.83. The van der Waals surface area contributed by atoms with Gasteiger partial charge in [0.1, 0.15) is 0 Å². The molecule has 1 aliphatic rings. The molecule has 2 rings (SSSR count). The van der Waals surface area contributed by atoms with Crippen molar-refractivity contribution >= 4 is 29.9 Å². The van der Waals surface area contributed by atoms with Gasteiger partial charge in [0.2, 0.25) is 11.8 Å². The van der Waals surface area contributed by atoms with Gasteiger partial charge in [0.05, 0.1) is 19.2 Å². The second-order valence-corrected chi connectivity index (χ2v) is 5.20. The highest BCUT2D eigenvalue weighted by atomic mass is 35.5. The van der Waals surface area contributed by atoms with Crippen molar-refractivity contribution in [2.75, 3.05) is 18.4 Å². The van der Waals surface area contributed by atoms with Gasteiger partial charge in [-0.05, 0) is 37.8 Å². The molecule has 0 unspecified atom stereocenters. The molecule has 0 aromatic heterocycles. The van der Waals surface area contributed by atoms with Gasteiger partial charge in [0, 0.05) is 11.8 Å². The minimum atomic E-state index is -0.518. The Balaban J connectivity index is 0.00000264. The summed E-state index contributed by atoms with van der Waals surface area (Å²) in [6.07, 6.45) is 4.17. The van der Waals surface area contributed by atoms with Crippen molar-refractivity contribution < 1.29 is 18.7 Å². The van der Waals surface area contributed by atoms with Crippen molar-refractivity contribution in [3.8, 4) is 5.75 Å². The molecule has 1 aliphatic carbocycles. The Hall–Kier alpha value is -1.86. The third kappa shape index (κ3) is 6.03. The largest absolute Gasteiger partial charge is 0.487 e. The SMILES string of the molecule is Cl.NCC(=O)NCC(=O)Nc1ccc(OC2CCCC2)c(F)c1. The van der Waals surface area contributed by atoms with E-state index in [1.165, 1.54) is 12.1 Å². The summed E-state index contributed by atoms with van der Waals surface area (Å²) in [6.45, 7) is -0.396. The fraction of sp³-hybridized carbons (Fsp3) is 0.467. The summed E-state index contributed by atoms with van der Waals surface area (Å²) >= 11 is 0. The molecule has 1 aromatic rings. The van der Waals surface area contributed by atoms with Gasteiger partial charge >= 0.3 is 0 Å². The van der Waals surface area contributed by atoms with Crippen molar-refractivity contribution in [3.63, 3.8) is 0 Å². The number of ether oxygens (including phenoxy) is 1. The summed E-state index contributed by atoms with van der Waals surface area (Å²) in [5.41, 5.74) is 5.42. The maximum Gasteiger partial charge on any atom is 0.243 e. The van der Waals surface area contributed by atoms with Gasteiger partial charge in [0.25, 0.3) is 0 Å². The zero-order chi connectivity index (χ0) is 15.9. The molecule has 128 valence electrons. The Labute approximate surface area is 140 Å². The van der Waals surface area contributed by atoms with Crippen molar-refractivity contribution in [1.82, 2.24) is 5.32 Å². The lowest BCUT2D eigenvalue weighted by Crippen LogP contribution is -2.36. The van der Waals surface area contributed by atoms with Crippen LogP contribution in [-0.2, 0) is 9.59 Å². The first-order valence-electron chi connectivity index (χ1n) is 7.31. The monoisotopic (exact) mass is 345 g/mol. The highest BCUT2D eigenvalue weighted by molar-refractivity contribution is 5.94. The third-order valence-corrected chi connectivity index (χ3v) is 3.44. The molecule has 0 aliphatic heterocycles. The molecule has 2 amide bonds. The van der Waals surface area contributed by atoms with Gasteiger partial charge in [-0.1, -0.05) is 0 Å². The van der Waals surface area contributed by atoms with Crippen molar-refractivity contribution in [1.29, 1.82) is 0 Å². The maximum absolute atomic E-state index is 14.0. The van der Waals surface area contributed by atoms with Crippen molar-refractivity contribution in [3.05, 3.63) is 24.0 Å². The Bertz CT molecular complexity index is 551. The van der Waals surface area contributed by atoms with Crippen molar-refractivity contribution in [2.45, 2.75) is 31.8 Å². The number of carbonyl (C=O) groups is 2. The fourth-order valence-corrected chi connectivity index (χ4v) is 2.32. The van der Waals surface area contributed by atoms with E-state index in [-0.39, 0.29) is 37.4 Å². The van der Waals surface area contributed by atoms with Gasteiger partial charge in [-0.3, -0.25) is 9.59 Å². The molecule has 0 saturated heterocycles. The van der Waals surface area contributed by atoms with Crippen LogP contribution in [-0.4, -0.2) is 31.0 Å². The van der Waals surface area contributed by atoms with E-state index in [1.807, 2.05) is 0 Å². The summed E-state index contributed by atoms with van der Waals surface area (Å²) in [5.74, 6) is -1.20. The first-order chi connectivity index (χ1) is 10.6. The van der Waals surface area contributed by atoms with Crippen LogP contribution in [0.2, 0.25) is 0 Å². The number of hydrogen-bond acceptors (Lipinski definition) is 4. The van der Waals surface area contributed by atoms with E-state index in [9.17, 15) is 14.0 Å². The zero-order valence-corrected chi connectivity index (χ0v) is 13.5. The van der Waals surface area contributed by atoms with Gasteiger partial charge in [-0.2, -0.15) is 0 Å². The highest BCUT2D eigenvalue weighted by Crippen LogP contribution is 2.27. The normalized spacial score (nSPS) is 14.0. The molecule has 0 atom stereocenters. The van der Waals surface area contributed by atoms with Gasteiger partial charge in [-0.25, -0.2) is 4.39 Å². The molecule has 0 radical (unpaired) electrons. The van der Waals surface area contributed by atoms with Crippen LogP contribution in [0.1, 0.15) is 25.7 Å². The lowest BCUT2D eigenvalue weighted by Gasteiger charge is -2.14. The van der Waals surface area contributed by atoms with E-state index < -0.39 is 17.6 Å². The minimum absolute atomic E-state index is 0. The van der Waals surface area contributed by atoms with Crippen LogP contribution in [0.3, 0.4) is 0 Å². The number of carbonyl (C=O) groups excluding carboxylic acids is 2. The molecule has 8 heteroatoms. The van der Waals surface area contributed by atoms with Crippen LogP contribution in [0, 0.1) is 5.82 Å². The molecule has 0 spiro atoms. The number of benzene rings is 1. The molecule has 1 fully saturated rings. The number of nitrogens with one attached hydrogen (secondary N) is 2. The molecule has 4 N–H and O–H groups in total. The average Bonchev–Trinajstić information content (AvgIpc) is 3.00. The maximum atomic E-state index is 14.0. The first-order valence-corrected chi connectivity index (χ1v) is 7.31. The van der Waals surface area contributed by atoms with Gasteiger partial charge in [-0.15, -0.1) is 12.4 Å². The van der Waals surface area contributed by atoms with Crippen LogP contribution < -0.4 is 21.1 Å². The third-order valence-electron chi connectivity index (χ3n) is 3.44. The minimum Gasteiger partial charge on any atom is -0.487 e. The van der Waals surface area contributed by atoms with E-state index in [1.54, 1.807) is 6.07 Å². The lowest BCUT2D eigenvalue weighted by atomic mass is 10.2. The number of anilines is 1. The Morgan fingerprint density at radius 1 is 1.26 bits per heavy atom. The molecular weight excluding hydrogens is 325 g/mol. The standard InChI is InChI=1S/C15H20FN3O3.ClH/c16-12-7-10(19-15(21)9-18-14(20)8-17)5-6-13(12)22-11-3-1-2-4-11;/h5-7,11H,1-4,8-9,17H2,(H,18,20)(H,19,21);1H. The van der Waals surface area contributed by atoms with Crippen LogP contribution in [0.25, 0.3) is 0 Å². The van der Waals surface area contributed by atoms with Crippen LogP contribution in [0.15, 0.2) is 18.2 Å². The molecule has 1 saturated carbocycles. The molecule has 6 nitrogen and oxygen atoms in total. The van der Waals surface area contributed by atoms with E-state index in [0.29, 0.717) is 5.69 Å².